The fourth-order valence-electron chi connectivity index (χ4n) is 1.65. The largest absolute Gasteiger partial charge is 0.396 e. The summed E-state index contributed by atoms with van der Waals surface area (Å²) in [6, 6.07) is 8.74. The van der Waals surface area contributed by atoms with E-state index in [0.717, 1.165) is 6.42 Å². The molecule has 0 aliphatic carbocycles. The summed E-state index contributed by atoms with van der Waals surface area (Å²) in [7, 11) is 0. The van der Waals surface area contributed by atoms with Crippen LogP contribution in [0.1, 0.15) is 30.1 Å². The van der Waals surface area contributed by atoms with Crippen LogP contribution in [0, 0.1) is 0 Å². The summed E-state index contributed by atoms with van der Waals surface area (Å²) < 4.78 is 0. The molecule has 0 fully saturated rings. The molecule has 0 saturated heterocycles. The number of rotatable bonds is 7. The van der Waals surface area contributed by atoms with Gasteiger partial charge in [-0.1, -0.05) is 18.2 Å². The maximum atomic E-state index is 11.7. The molecule has 1 atom stereocenters. The summed E-state index contributed by atoms with van der Waals surface area (Å²) >= 11 is 0. The summed E-state index contributed by atoms with van der Waals surface area (Å²) in [5.74, 6) is -0.492. The van der Waals surface area contributed by atoms with Crippen molar-refractivity contribution in [1.82, 2.24) is 10.6 Å². The smallest absolute Gasteiger partial charge is 0.251 e. The Morgan fingerprint density at radius 3 is 2.58 bits per heavy atom. The highest BCUT2D eigenvalue weighted by molar-refractivity contribution is 5.96. The van der Waals surface area contributed by atoms with Crippen molar-refractivity contribution < 1.29 is 14.7 Å². The van der Waals surface area contributed by atoms with E-state index in [-0.39, 0.29) is 31.0 Å². The number of hydrogen-bond acceptors (Lipinski definition) is 3. The molecule has 0 heterocycles. The predicted molar refractivity (Wildman–Crippen MR) is 72.7 cm³/mol. The Morgan fingerprint density at radius 2 is 1.95 bits per heavy atom. The highest BCUT2D eigenvalue weighted by Crippen LogP contribution is 1.97. The Kier molecular flexibility index (Phi) is 6.60. The van der Waals surface area contributed by atoms with Gasteiger partial charge in [0, 0.05) is 18.2 Å². The fourth-order valence-corrected chi connectivity index (χ4v) is 1.65. The first kappa shape index (κ1) is 15.2. The third kappa shape index (κ3) is 6.01. The molecule has 0 spiro atoms. The number of hydrogen-bond donors (Lipinski definition) is 3. The second-order valence-electron chi connectivity index (χ2n) is 4.38. The zero-order valence-corrected chi connectivity index (χ0v) is 11.1. The van der Waals surface area contributed by atoms with Gasteiger partial charge in [0.05, 0.1) is 6.54 Å². The van der Waals surface area contributed by atoms with Gasteiger partial charge in [-0.25, -0.2) is 0 Å². The molecule has 3 N–H and O–H groups in total. The highest BCUT2D eigenvalue weighted by atomic mass is 16.3. The summed E-state index contributed by atoms with van der Waals surface area (Å²) in [4.78, 5) is 23.2. The normalized spacial score (nSPS) is 11.7. The first-order valence-corrected chi connectivity index (χ1v) is 6.37. The van der Waals surface area contributed by atoms with Crippen molar-refractivity contribution in [1.29, 1.82) is 0 Å². The Hall–Kier alpha value is -1.88. The average Bonchev–Trinajstić information content (AvgIpc) is 2.43. The van der Waals surface area contributed by atoms with Gasteiger partial charge in [0.2, 0.25) is 5.91 Å². The molecular weight excluding hydrogens is 244 g/mol. The van der Waals surface area contributed by atoms with Crippen LogP contribution in [-0.4, -0.2) is 36.1 Å². The Labute approximate surface area is 113 Å². The third-order valence-corrected chi connectivity index (χ3v) is 2.65. The quantitative estimate of drug-likeness (QED) is 0.678. The van der Waals surface area contributed by atoms with Gasteiger partial charge in [-0.15, -0.1) is 0 Å². The van der Waals surface area contributed by atoms with E-state index in [0.29, 0.717) is 12.0 Å². The van der Waals surface area contributed by atoms with Gasteiger partial charge < -0.3 is 15.7 Å². The van der Waals surface area contributed by atoms with Gasteiger partial charge in [-0.2, -0.15) is 0 Å². The predicted octanol–water partition coefficient (Wildman–Crippen LogP) is 0.694. The topological polar surface area (TPSA) is 78.4 Å². The lowest BCUT2D eigenvalue weighted by Gasteiger charge is -2.13. The van der Waals surface area contributed by atoms with Gasteiger partial charge in [-0.05, 0) is 31.9 Å². The van der Waals surface area contributed by atoms with Crippen LogP contribution < -0.4 is 10.6 Å². The molecule has 0 radical (unpaired) electrons. The van der Waals surface area contributed by atoms with Crippen molar-refractivity contribution in [3.05, 3.63) is 35.9 Å². The fraction of sp³-hybridized carbons (Fsp3) is 0.429. The van der Waals surface area contributed by atoms with Crippen molar-refractivity contribution in [2.45, 2.75) is 25.8 Å². The molecule has 0 aliphatic heterocycles. The molecule has 1 aromatic carbocycles. The minimum Gasteiger partial charge on any atom is -0.396 e. The van der Waals surface area contributed by atoms with Crippen LogP contribution in [0.4, 0.5) is 0 Å². The minimum absolute atomic E-state index is 0.00622. The molecule has 19 heavy (non-hydrogen) atoms. The second-order valence-corrected chi connectivity index (χ2v) is 4.38. The third-order valence-electron chi connectivity index (χ3n) is 2.65. The number of carbonyl (C=O) groups excluding carboxylic acids is 2. The van der Waals surface area contributed by atoms with Crippen molar-refractivity contribution in [2.24, 2.45) is 0 Å². The van der Waals surface area contributed by atoms with Crippen LogP contribution in [0.2, 0.25) is 0 Å². The first-order chi connectivity index (χ1) is 9.13. The lowest BCUT2D eigenvalue weighted by molar-refractivity contribution is -0.120. The van der Waals surface area contributed by atoms with E-state index in [1.54, 1.807) is 24.3 Å². The molecule has 104 valence electrons. The van der Waals surface area contributed by atoms with Crippen molar-refractivity contribution >= 4 is 11.8 Å². The highest BCUT2D eigenvalue weighted by Gasteiger charge is 2.09. The minimum atomic E-state index is -0.265. The number of aliphatic hydroxyl groups excluding tert-OH is 1. The van der Waals surface area contributed by atoms with Crippen molar-refractivity contribution in [3.63, 3.8) is 0 Å². The van der Waals surface area contributed by atoms with Gasteiger partial charge >= 0.3 is 0 Å². The Morgan fingerprint density at radius 1 is 1.26 bits per heavy atom. The summed E-state index contributed by atoms with van der Waals surface area (Å²) in [6.45, 7) is 1.94. The molecule has 0 aromatic heterocycles. The molecule has 1 unspecified atom stereocenters. The molecule has 0 saturated carbocycles. The molecule has 2 amide bonds. The van der Waals surface area contributed by atoms with E-state index in [2.05, 4.69) is 10.6 Å². The maximum Gasteiger partial charge on any atom is 0.251 e. The molecule has 0 aliphatic rings. The standard InChI is InChI=1S/C14H20N2O3/c1-11(6-5-9-17)16-13(18)10-15-14(19)12-7-3-2-4-8-12/h2-4,7-8,11,17H,5-6,9-10H2,1H3,(H,15,19)(H,16,18). The van der Waals surface area contributed by atoms with E-state index in [9.17, 15) is 9.59 Å². The van der Waals surface area contributed by atoms with E-state index >= 15 is 0 Å². The van der Waals surface area contributed by atoms with Gasteiger partial charge in [0.15, 0.2) is 0 Å². The summed E-state index contributed by atoms with van der Waals surface area (Å²) in [6.07, 6.45) is 1.37. The summed E-state index contributed by atoms with van der Waals surface area (Å²) in [5.41, 5.74) is 0.531. The van der Waals surface area contributed by atoms with Crippen LogP contribution in [0.15, 0.2) is 30.3 Å². The van der Waals surface area contributed by atoms with Gasteiger partial charge in [-0.3, -0.25) is 9.59 Å². The first-order valence-electron chi connectivity index (χ1n) is 6.37. The lowest BCUT2D eigenvalue weighted by atomic mass is 10.2. The van der Waals surface area contributed by atoms with Crippen LogP contribution >= 0.6 is 0 Å². The van der Waals surface area contributed by atoms with Gasteiger partial charge in [0.1, 0.15) is 0 Å². The zero-order chi connectivity index (χ0) is 14.1. The number of benzene rings is 1. The molecule has 1 rings (SSSR count). The Balaban J connectivity index is 2.28. The molecule has 0 bridgehead atoms. The van der Waals surface area contributed by atoms with E-state index in [1.807, 2.05) is 13.0 Å². The Bertz CT molecular complexity index is 406. The van der Waals surface area contributed by atoms with E-state index in [4.69, 9.17) is 5.11 Å². The van der Waals surface area contributed by atoms with Crippen molar-refractivity contribution in [3.8, 4) is 0 Å². The lowest BCUT2D eigenvalue weighted by Crippen LogP contribution is -2.40. The SMILES string of the molecule is CC(CCCO)NC(=O)CNC(=O)c1ccccc1. The van der Waals surface area contributed by atoms with Gasteiger partial charge in [0.25, 0.3) is 5.91 Å². The zero-order valence-electron chi connectivity index (χ0n) is 11.1. The number of amides is 2. The number of nitrogens with one attached hydrogen (secondary N) is 2. The van der Waals surface area contributed by atoms with E-state index < -0.39 is 0 Å². The summed E-state index contributed by atoms with van der Waals surface area (Å²) in [5, 5.41) is 14.0. The van der Waals surface area contributed by atoms with Crippen molar-refractivity contribution in [2.75, 3.05) is 13.2 Å². The average molecular weight is 264 g/mol. The van der Waals surface area contributed by atoms with E-state index in [1.165, 1.54) is 0 Å². The maximum absolute atomic E-state index is 11.7. The van der Waals surface area contributed by atoms with Crippen LogP contribution in [0.5, 0.6) is 0 Å². The molecule has 5 heteroatoms. The number of carbonyl (C=O) groups is 2. The van der Waals surface area contributed by atoms with Crippen LogP contribution in [0.3, 0.4) is 0 Å². The monoisotopic (exact) mass is 264 g/mol. The molecular formula is C14H20N2O3. The number of aliphatic hydroxyl groups is 1. The van der Waals surface area contributed by atoms with Crippen LogP contribution in [-0.2, 0) is 4.79 Å². The second kappa shape index (κ2) is 8.26. The van der Waals surface area contributed by atoms with Crippen LogP contribution in [0.25, 0.3) is 0 Å². The molecule has 5 nitrogen and oxygen atoms in total. The molecule has 1 aromatic rings.